The predicted molar refractivity (Wildman–Crippen MR) is 73.4 cm³/mol. The second kappa shape index (κ2) is 8.95. The number of aryl methyl sites for hydroxylation is 2. The van der Waals surface area contributed by atoms with Gasteiger partial charge in [-0.1, -0.05) is 13.0 Å². The first-order chi connectivity index (χ1) is 8.80. The van der Waals surface area contributed by atoms with Gasteiger partial charge in [-0.05, 0) is 42.5 Å². The molecule has 0 radical (unpaired) electrons. The van der Waals surface area contributed by atoms with E-state index >= 15 is 0 Å². The molecular weight excluding hydrogens is 228 g/mol. The average molecular weight is 252 g/mol. The van der Waals surface area contributed by atoms with Crippen LogP contribution in [-0.4, -0.2) is 34.0 Å². The van der Waals surface area contributed by atoms with Crippen LogP contribution in [0.3, 0.4) is 0 Å². The fourth-order valence-corrected chi connectivity index (χ4v) is 1.82. The Balaban J connectivity index is 2.62. The maximum absolute atomic E-state index is 5.68. The molecule has 0 aliphatic rings. The van der Waals surface area contributed by atoms with E-state index in [4.69, 9.17) is 14.2 Å². The van der Waals surface area contributed by atoms with Crippen LogP contribution >= 0.6 is 0 Å². The molecule has 0 amide bonds. The van der Waals surface area contributed by atoms with Gasteiger partial charge in [0, 0.05) is 20.8 Å². The summed E-state index contributed by atoms with van der Waals surface area (Å²) in [6.45, 7) is 4.18. The van der Waals surface area contributed by atoms with Crippen molar-refractivity contribution < 1.29 is 14.2 Å². The van der Waals surface area contributed by atoms with Crippen molar-refractivity contribution in [3.8, 4) is 5.75 Å². The molecule has 102 valence electrons. The number of ether oxygens (including phenoxy) is 3. The highest BCUT2D eigenvalue weighted by molar-refractivity contribution is 5.34. The minimum absolute atomic E-state index is 0.598. The number of hydrogen-bond acceptors (Lipinski definition) is 3. The van der Waals surface area contributed by atoms with Crippen molar-refractivity contribution in [1.29, 1.82) is 0 Å². The van der Waals surface area contributed by atoms with Crippen LogP contribution in [-0.2, 0) is 22.3 Å². The lowest BCUT2D eigenvalue weighted by Crippen LogP contribution is -2.05. The molecule has 0 aromatic heterocycles. The molecule has 1 aromatic carbocycles. The van der Waals surface area contributed by atoms with E-state index in [1.54, 1.807) is 14.2 Å². The molecule has 0 aliphatic heterocycles. The molecule has 1 rings (SSSR count). The molecule has 0 fully saturated rings. The topological polar surface area (TPSA) is 27.7 Å². The van der Waals surface area contributed by atoms with Gasteiger partial charge < -0.3 is 14.2 Å². The summed E-state index contributed by atoms with van der Waals surface area (Å²) in [6.07, 6.45) is 3.10. The summed E-state index contributed by atoms with van der Waals surface area (Å²) in [4.78, 5) is 0. The molecule has 18 heavy (non-hydrogen) atoms. The first-order valence-electron chi connectivity index (χ1n) is 6.53. The lowest BCUT2D eigenvalue weighted by molar-refractivity contribution is 0.146. The highest BCUT2D eigenvalue weighted by Gasteiger charge is 2.02. The molecule has 3 heteroatoms. The van der Waals surface area contributed by atoms with E-state index in [2.05, 4.69) is 25.1 Å². The molecule has 0 spiro atoms. The van der Waals surface area contributed by atoms with Crippen LogP contribution in [0.2, 0.25) is 0 Å². The van der Waals surface area contributed by atoms with Crippen LogP contribution in [0.15, 0.2) is 18.2 Å². The monoisotopic (exact) mass is 252 g/mol. The zero-order valence-corrected chi connectivity index (χ0v) is 11.7. The molecule has 3 nitrogen and oxygen atoms in total. The van der Waals surface area contributed by atoms with E-state index in [1.165, 1.54) is 11.1 Å². The van der Waals surface area contributed by atoms with E-state index in [0.29, 0.717) is 13.2 Å². The summed E-state index contributed by atoms with van der Waals surface area (Å²) < 4.78 is 15.7. The third-order valence-corrected chi connectivity index (χ3v) is 2.80. The van der Waals surface area contributed by atoms with Crippen molar-refractivity contribution in [1.82, 2.24) is 0 Å². The molecule has 0 atom stereocenters. The summed E-state index contributed by atoms with van der Waals surface area (Å²) in [5.41, 5.74) is 2.64. The van der Waals surface area contributed by atoms with E-state index in [9.17, 15) is 0 Å². The Morgan fingerprint density at radius 2 is 1.61 bits per heavy atom. The van der Waals surface area contributed by atoms with Crippen LogP contribution in [0.1, 0.15) is 24.5 Å². The third-order valence-electron chi connectivity index (χ3n) is 2.80. The van der Waals surface area contributed by atoms with Crippen LogP contribution < -0.4 is 4.74 Å². The highest BCUT2D eigenvalue weighted by atomic mass is 16.5. The molecule has 0 saturated carbocycles. The fourth-order valence-electron chi connectivity index (χ4n) is 1.82. The largest absolute Gasteiger partial charge is 0.491 e. The van der Waals surface area contributed by atoms with Gasteiger partial charge in [-0.25, -0.2) is 0 Å². The predicted octanol–water partition coefficient (Wildman–Crippen LogP) is 2.85. The minimum atomic E-state index is 0.598. The Bertz CT molecular complexity index is 308. The zero-order chi connectivity index (χ0) is 13.2. The van der Waals surface area contributed by atoms with Gasteiger partial charge in [0.25, 0.3) is 0 Å². The minimum Gasteiger partial charge on any atom is -0.491 e. The van der Waals surface area contributed by atoms with Crippen LogP contribution in [0.25, 0.3) is 0 Å². The summed E-state index contributed by atoms with van der Waals surface area (Å²) in [5, 5.41) is 0. The molecule has 0 N–H and O–H groups in total. The molecule has 1 aromatic rings. The third kappa shape index (κ3) is 5.52. The second-order valence-corrected chi connectivity index (χ2v) is 4.28. The molecule has 0 aliphatic carbocycles. The van der Waals surface area contributed by atoms with E-state index in [-0.39, 0.29) is 0 Å². The molecule has 0 unspecified atom stereocenters. The highest BCUT2D eigenvalue weighted by Crippen LogP contribution is 2.19. The Hall–Kier alpha value is -1.06. The van der Waals surface area contributed by atoms with Crippen molar-refractivity contribution in [3.05, 3.63) is 29.3 Å². The van der Waals surface area contributed by atoms with E-state index < -0.39 is 0 Å². The van der Waals surface area contributed by atoms with Gasteiger partial charge in [-0.2, -0.15) is 0 Å². The van der Waals surface area contributed by atoms with Crippen LogP contribution in [0.5, 0.6) is 5.75 Å². The maximum Gasteiger partial charge on any atom is 0.119 e. The molecular formula is C15H24O3. The lowest BCUT2D eigenvalue weighted by atomic mass is 10.0. The lowest BCUT2D eigenvalue weighted by Gasteiger charge is -2.10. The van der Waals surface area contributed by atoms with Gasteiger partial charge in [-0.3, -0.25) is 0 Å². The second-order valence-electron chi connectivity index (χ2n) is 4.28. The maximum atomic E-state index is 5.68. The molecule has 0 heterocycles. The molecule has 0 saturated heterocycles. The Morgan fingerprint density at radius 1 is 0.889 bits per heavy atom. The Labute approximate surface area is 110 Å². The summed E-state index contributed by atoms with van der Waals surface area (Å²) in [6, 6.07) is 6.47. The van der Waals surface area contributed by atoms with Gasteiger partial charge in [0.05, 0.1) is 6.61 Å². The van der Waals surface area contributed by atoms with Gasteiger partial charge in [0.15, 0.2) is 0 Å². The Kier molecular flexibility index (Phi) is 7.46. The normalized spacial score (nSPS) is 10.6. The van der Waals surface area contributed by atoms with Crippen molar-refractivity contribution in [2.75, 3.05) is 34.0 Å². The number of methoxy groups -OCH3 is 2. The first kappa shape index (κ1) is 15.0. The first-order valence-corrected chi connectivity index (χ1v) is 6.53. The van der Waals surface area contributed by atoms with Crippen LogP contribution in [0, 0.1) is 0 Å². The van der Waals surface area contributed by atoms with Crippen molar-refractivity contribution in [2.45, 2.75) is 26.2 Å². The SMILES string of the molecule is CCc1cc(CCCOC)cc(OCCOC)c1. The van der Waals surface area contributed by atoms with E-state index in [0.717, 1.165) is 31.6 Å². The van der Waals surface area contributed by atoms with Gasteiger partial charge in [0.2, 0.25) is 0 Å². The van der Waals surface area contributed by atoms with Crippen molar-refractivity contribution >= 4 is 0 Å². The standard InChI is InChI=1S/C15H24O3/c1-4-13-10-14(6-5-7-16-2)12-15(11-13)18-9-8-17-3/h10-12H,4-9H2,1-3H3. The summed E-state index contributed by atoms with van der Waals surface area (Å²) in [7, 11) is 3.42. The number of benzene rings is 1. The van der Waals surface area contributed by atoms with Crippen molar-refractivity contribution in [3.63, 3.8) is 0 Å². The number of hydrogen-bond donors (Lipinski definition) is 0. The fraction of sp³-hybridized carbons (Fsp3) is 0.600. The summed E-state index contributed by atoms with van der Waals surface area (Å²) in [5.74, 6) is 0.943. The van der Waals surface area contributed by atoms with E-state index in [1.807, 2.05) is 0 Å². The summed E-state index contributed by atoms with van der Waals surface area (Å²) >= 11 is 0. The zero-order valence-electron chi connectivity index (χ0n) is 11.7. The smallest absolute Gasteiger partial charge is 0.119 e. The van der Waals surface area contributed by atoms with Gasteiger partial charge in [0.1, 0.15) is 12.4 Å². The van der Waals surface area contributed by atoms with Crippen molar-refractivity contribution in [2.24, 2.45) is 0 Å². The average Bonchev–Trinajstić information content (AvgIpc) is 2.39. The number of rotatable bonds is 9. The van der Waals surface area contributed by atoms with Gasteiger partial charge in [-0.15, -0.1) is 0 Å². The molecule has 0 bridgehead atoms. The quantitative estimate of drug-likeness (QED) is 0.632. The van der Waals surface area contributed by atoms with Crippen LogP contribution in [0.4, 0.5) is 0 Å². The Morgan fingerprint density at radius 3 is 2.28 bits per heavy atom. The van der Waals surface area contributed by atoms with Gasteiger partial charge >= 0.3 is 0 Å².